The van der Waals surface area contributed by atoms with Crippen LogP contribution in [0.1, 0.15) is 22.9 Å². The van der Waals surface area contributed by atoms with Gasteiger partial charge in [0.1, 0.15) is 30.5 Å². The van der Waals surface area contributed by atoms with Gasteiger partial charge in [-0.2, -0.15) is 10.2 Å². The third-order valence-corrected chi connectivity index (χ3v) is 5.82. The number of rotatable bonds is 5. The fourth-order valence-corrected chi connectivity index (χ4v) is 3.88. The van der Waals surface area contributed by atoms with Crippen molar-refractivity contribution in [3.63, 3.8) is 0 Å². The van der Waals surface area contributed by atoms with Crippen molar-refractivity contribution < 1.29 is 25.2 Å². The number of aliphatic hydroxyl groups is 4. The molecular weight excluding hydrogens is 420 g/mol. The summed E-state index contributed by atoms with van der Waals surface area (Å²) in [6.45, 7) is -0.481. The van der Waals surface area contributed by atoms with Crippen LogP contribution < -0.4 is 0 Å². The smallest absolute Gasteiger partial charge is 0.113 e. The van der Waals surface area contributed by atoms with Gasteiger partial charge in [-0.25, -0.2) is 0 Å². The maximum Gasteiger partial charge on any atom is 0.113 e. The van der Waals surface area contributed by atoms with Crippen LogP contribution in [0.2, 0.25) is 5.02 Å². The van der Waals surface area contributed by atoms with Crippen molar-refractivity contribution in [1.82, 2.24) is 10.2 Å². The molecule has 0 saturated carbocycles. The van der Waals surface area contributed by atoms with Crippen LogP contribution in [0.5, 0.6) is 0 Å². The van der Waals surface area contributed by atoms with Gasteiger partial charge in [0.15, 0.2) is 0 Å². The first-order chi connectivity index (χ1) is 15.0. The summed E-state index contributed by atoms with van der Waals surface area (Å²) in [5.41, 5.74) is 3.78. The topological polar surface area (TPSA) is 116 Å². The summed E-state index contributed by atoms with van der Waals surface area (Å²) < 4.78 is 5.65. The minimum absolute atomic E-state index is 0.409. The second kappa shape index (κ2) is 9.40. The highest BCUT2D eigenvalue weighted by molar-refractivity contribution is 6.31. The van der Waals surface area contributed by atoms with E-state index < -0.39 is 37.1 Å². The molecule has 0 radical (unpaired) electrons. The first-order valence-electron chi connectivity index (χ1n) is 9.95. The lowest BCUT2D eigenvalue weighted by Gasteiger charge is -2.40. The van der Waals surface area contributed by atoms with Crippen molar-refractivity contribution in [2.45, 2.75) is 36.9 Å². The molecule has 162 valence electrons. The molecule has 3 aromatic rings. The Hall–Kier alpha value is -2.39. The van der Waals surface area contributed by atoms with Crippen molar-refractivity contribution in [2.24, 2.45) is 0 Å². The Labute approximate surface area is 184 Å². The molecule has 5 atom stereocenters. The Kier molecular flexibility index (Phi) is 6.62. The van der Waals surface area contributed by atoms with E-state index in [9.17, 15) is 20.4 Å². The van der Waals surface area contributed by atoms with E-state index >= 15 is 0 Å². The number of ether oxygens (including phenoxy) is 1. The molecule has 1 saturated heterocycles. The van der Waals surface area contributed by atoms with Crippen LogP contribution in [0.15, 0.2) is 60.7 Å². The van der Waals surface area contributed by atoms with Gasteiger partial charge in [-0.1, -0.05) is 54.1 Å². The Morgan fingerprint density at radius 2 is 1.65 bits per heavy atom. The number of hydrogen-bond acceptors (Lipinski definition) is 7. The molecule has 0 spiro atoms. The molecular formula is C23H23ClN2O5. The zero-order valence-corrected chi connectivity index (χ0v) is 17.3. The zero-order valence-electron chi connectivity index (χ0n) is 16.5. The van der Waals surface area contributed by atoms with Crippen molar-refractivity contribution >= 4 is 11.6 Å². The highest BCUT2D eigenvalue weighted by Gasteiger charge is 2.44. The van der Waals surface area contributed by atoms with Gasteiger partial charge in [0.25, 0.3) is 0 Å². The van der Waals surface area contributed by atoms with E-state index in [1.807, 2.05) is 42.5 Å². The van der Waals surface area contributed by atoms with E-state index in [0.717, 1.165) is 16.8 Å². The van der Waals surface area contributed by atoms with Crippen molar-refractivity contribution in [1.29, 1.82) is 0 Å². The van der Waals surface area contributed by atoms with Gasteiger partial charge >= 0.3 is 0 Å². The van der Waals surface area contributed by atoms with E-state index in [4.69, 9.17) is 16.3 Å². The predicted octanol–water partition coefficient (Wildman–Crippen LogP) is 1.90. The lowest BCUT2D eigenvalue weighted by Crippen LogP contribution is -2.55. The van der Waals surface area contributed by atoms with Gasteiger partial charge in [0.2, 0.25) is 0 Å². The molecule has 0 unspecified atom stereocenters. The predicted molar refractivity (Wildman–Crippen MR) is 114 cm³/mol. The number of benzene rings is 2. The second-order valence-corrected chi connectivity index (χ2v) is 7.96. The molecule has 8 heteroatoms. The van der Waals surface area contributed by atoms with Crippen LogP contribution in [-0.2, 0) is 11.2 Å². The summed E-state index contributed by atoms with van der Waals surface area (Å²) in [4.78, 5) is 0. The molecule has 0 aliphatic carbocycles. The van der Waals surface area contributed by atoms with Gasteiger partial charge in [0.05, 0.1) is 18.0 Å². The van der Waals surface area contributed by atoms with Gasteiger partial charge in [-0.15, -0.1) is 0 Å². The number of aromatic nitrogens is 2. The fourth-order valence-electron chi connectivity index (χ4n) is 3.70. The molecule has 2 aromatic carbocycles. The molecule has 1 aromatic heterocycles. The third kappa shape index (κ3) is 4.62. The van der Waals surface area contributed by atoms with Crippen LogP contribution in [0, 0.1) is 0 Å². The summed E-state index contributed by atoms with van der Waals surface area (Å²) in [5.74, 6) is 0. The average Bonchev–Trinajstić information content (AvgIpc) is 2.80. The molecule has 7 nitrogen and oxygen atoms in total. The Balaban J connectivity index is 1.56. The summed E-state index contributed by atoms with van der Waals surface area (Å²) >= 11 is 6.38. The van der Waals surface area contributed by atoms with E-state index in [1.165, 1.54) is 0 Å². The first-order valence-corrected chi connectivity index (χ1v) is 10.3. The van der Waals surface area contributed by atoms with Crippen LogP contribution >= 0.6 is 11.6 Å². The highest BCUT2D eigenvalue weighted by atomic mass is 35.5. The average molecular weight is 443 g/mol. The molecule has 4 N–H and O–H groups in total. The Morgan fingerprint density at radius 3 is 2.32 bits per heavy atom. The van der Waals surface area contributed by atoms with E-state index in [2.05, 4.69) is 10.2 Å². The zero-order chi connectivity index (χ0) is 22.0. The van der Waals surface area contributed by atoms with Crippen LogP contribution in [0.4, 0.5) is 0 Å². The SMILES string of the molecule is OC[C@H]1O[C@@H](c2ccc(Cl)c(Cc3ccc(-c4ccccc4)nn3)c2)[C@H](O)[C@@H](O)[C@@H]1O. The van der Waals surface area contributed by atoms with Crippen LogP contribution in [-0.4, -0.2) is 61.6 Å². The number of nitrogens with zero attached hydrogens (tertiary/aromatic N) is 2. The van der Waals surface area contributed by atoms with Gasteiger partial charge in [0, 0.05) is 17.0 Å². The van der Waals surface area contributed by atoms with Crippen molar-refractivity contribution in [2.75, 3.05) is 6.61 Å². The quantitative estimate of drug-likeness (QED) is 0.477. The van der Waals surface area contributed by atoms with Gasteiger partial charge in [-0.05, 0) is 29.3 Å². The highest BCUT2D eigenvalue weighted by Crippen LogP contribution is 2.34. The van der Waals surface area contributed by atoms with Crippen molar-refractivity contribution in [3.8, 4) is 11.3 Å². The van der Waals surface area contributed by atoms with E-state index in [-0.39, 0.29) is 0 Å². The summed E-state index contributed by atoms with van der Waals surface area (Å²) in [6.07, 6.45) is -5.67. The normalized spacial score (nSPS) is 26.0. The molecule has 1 fully saturated rings. The lowest BCUT2D eigenvalue weighted by atomic mass is 9.90. The number of hydrogen-bond donors (Lipinski definition) is 4. The minimum atomic E-state index is -1.44. The van der Waals surface area contributed by atoms with Crippen LogP contribution in [0.3, 0.4) is 0 Å². The van der Waals surface area contributed by atoms with E-state index in [1.54, 1.807) is 18.2 Å². The number of aliphatic hydroxyl groups excluding tert-OH is 4. The molecule has 1 aliphatic rings. The first kappa shape index (κ1) is 21.8. The van der Waals surface area contributed by atoms with Gasteiger partial charge < -0.3 is 25.2 Å². The molecule has 2 heterocycles. The molecule has 0 amide bonds. The van der Waals surface area contributed by atoms with Crippen LogP contribution in [0.25, 0.3) is 11.3 Å². The molecule has 1 aliphatic heterocycles. The molecule has 0 bridgehead atoms. The molecule has 4 rings (SSSR count). The third-order valence-electron chi connectivity index (χ3n) is 5.45. The number of halogens is 1. The Morgan fingerprint density at radius 1 is 0.871 bits per heavy atom. The van der Waals surface area contributed by atoms with Gasteiger partial charge in [-0.3, -0.25) is 0 Å². The lowest BCUT2D eigenvalue weighted by molar-refractivity contribution is -0.231. The van der Waals surface area contributed by atoms with Crippen molar-refractivity contribution in [3.05, 3.63) is 82.5 Å². The standard InChI is InChI=1S/C23H23ClN2O5/c24-17-8-6-14(23-22(30)21(29)20(28)19(12-27)31-23)10-15(17)11-16-7-9-18(26-25-16)13-4-2-1-3-5-13/h1-10,19-23,27-30H,11-12H2/t19-,20-,21+,22-,23+/m1/s1. The Bertz CT molecular complexity index is 1020. The maximum absolute atomic E-state index is 10.4. The largest absolute Gasteiger partial charge is 0.394 e. The van der Waals surface area contributed by atoms with E-state index in [0.29, 0.717) is 22.7 Å². The summed E-state index contributed by atoms with van der Waals surface area (Å²) in [7, 11) is 0. The minimum Gasteiger partial charge on any atom is -0.394 e. The second-order valence-electron chi connectivity index (χ2n) is 7.55. The maximum atomic E-state index is 10.4. The monoisotopic (exact) mass is 442 g/mol. The summed E-state index contributed by atoms with van der Waals surface area (Å²) in [6, 6.07) is 18.7. The fraction of sp³-hybridized carbons (Fsp3) is 0.304. The summed E-state index contributed by atoms with van der Waals surface area (Å²) in [5, 5.41) is 49.0. The molecule has 31 heavy (non-hydrogen) atoms.